The average Bonchev–Trinajstić information content (AvgIpc) is 3.42. The summed E-state index contributed by atoms with van der Waals surface area (Å²) in [4.78, 5) is 13.3. The number of benzene rings is 2. The molecule has 1 N–H and O–H groups in total. The Kier molecular flexibility index (Phi) is 8.72. The van der Waals surface area contributed by atoms with Crippen molar-refractivity contribution in [2.45, 2.75) is 36.3 Å². The summed E-state index contributed by atoms with van der Waals surface area (Å²) in [5.41, 5.74) is 0.727. The van der Waals surface area contributed by atoms with Crippen LogP contribution in [-0.2, 0) is 30.6 Å². The van der Waals surface area contributed by atoms with E-state index in [1.807, 2.05) is 0 Å². The molecular formula is C24H29Cl2N3O6S2. The number of nitrogens with one attached hydrogen (secondary N) is 1. The molecule has 37 heavy (non-hydrogen) atoms. The van der Waals surface area contributed by atoms with E-state index in [0.29, 0.717) is 48.8 Å². The number of halogens is 2. The van der Waals surface area contributed by atoms with Gasteiger partial charge in [0.25, 0.3) is 0 Å². The molecular weight excluding hydrogens is 561 g/mol. The highest BCUT2D eigenvalue weighted by atomic mass is 35.5. The number of amides is 1. The van der Waals surface area contributed by atoms with Crippen LogP contribution in [0.2, 0.25) is 10.0 Å². The van der Waals surface area contributed by atoms with Crippen LogP contribution in [-0.4, -0.2) is 64.6 Å². The quantitative estimate of drug-likeness (QED) is 0.498. The van der Waals surface area contributed by atoms with Gasteiger partial charge in [-0.25, -0.2) is 21.1 Å². The molecule has 0 radical (unpaired) electrons. The second kappa shape index (κ2) is 11.5. The normalized spacial score (nSPS) is 19.6. The van der Waals surface area contributed by atoms with Crippen LogP contribution >= 0.6 is 23.2 Å². The minimum atomic E-state index is -3.71. The van der Waals surface area contributed by atoms with Crippen LogP contribution in [0.4, 0.5) is 5.69 Å². The van der Waals surface area contributed by atoms with Gasteiger partial charge in [-0.2, -0.15) is 4.31 Å². The minimum absolute atomic E-state index is 0.0174. The van der Waals surface area contributed by atoms with Gasteiger partial charge in [0, 0.05) is 26.2 Å². The molecule has 0 saturated carbocycles. The molecule has 2 saturated heterocycles. The van der Waals surface area contributed by atoms with Crippen molar-refractivity contribution in [3.05, 3.63) is 52.0 Å². The van der Waals surface area contributed by atoms with E-state index in [0.717, 1.165) is 12.8 Å². The van der Waals surface area contributed by atoms with Crippen molar-refractivity contribution in [2.75, 3.05) is 38.6 Å². The van der Waals surface area contributed by atoms with Crippen molar-refractivity contribution in [2.24, 2.45) is 5.92 Å². The first-order valence-electron chi connectivity index (χ1n) is 11.9. The van der Waals surface area contributed by atoms with E-state index in [4.69, 9.17) is 27.9 Å². The smallest absolute Gasteiger partial charge is 0.243 e. The molecule has 4 rings (SSSR count). The number of sulfonamides is 2. The second-order valence-electron chi connectivity index (χ2n) is 9.16. The number of ether oxygens (including phenoxy) is 1. The topological polar surface area (TPSA) is 113 Å². The molecule has 0 bridgehead atoms. The SMILES string of the molecule is COc1ccc(S(=O)(=O)N2CCCC2)cc1NC(=O)[C@@H]1CCCN(S(=O)(=O)Cc2ccc(Cl)c(Cl)c2)C1. The maximum absolute atomic E-state index is 13.2. The highest BCUT2D eigenvalue weighted by molar-refractivity contribution is 7.89. The van der Waals surface area contributed by atoms with Gasteiger partial charge in [0.05, 0.1) is 39.4 Å². The van der Waals surface area contributed by atoms with Crippen LogP contribution < -0.4 is 10.1 Å². The number of anilines is 1. The lowest BCUT2D eigenvalue weighted by atomic mass is 9.98. The number of nitrogens with zero attached hydrogens (tertiary/aromatic N) is 2. The molecule has 202 valence electrons. The lowest BCUT2D eigenvalue weighted by Crippen LogP contribution is -2.44. The molecule has 0 unspecified atom stereocenters. The first-order valence-corrected chi connectivity index (χ1v) is 15.7. The molecule has 2 fully saturated rings. The van der Waals surface area contributed by atoms with Crippen molar-refractivity contribution >= 4 is 54.8 Å². The van der Waals surface area contributed by atoms with Crippen molar-refractivity contribution < 1.29 is 26.4 Å². The van der Waals surface area contributed by atoms with Crippen LogP contribution in [0.3, 0.4) is 0 Å². The van der Waals surface area contributed by atoms with Gasteiger partial charge in [0.2, 0.25) is 26.0 Å². The van der Waals surface area contributed by atoms with Crippen LogP contribution in [0.5, 0.6) is 5.75 Å². The van der Waals surface area contributed by atoms with E-state index in [9.17, 15) is 21.6 Å². The summed E-state index contributed by atoms with van der Waals surface area (Å²) in [5, 5.41) is 3.38. The van der Waals surface area contributed by atoms with E-state index in [-0.39, 0.29) is 27.9 Å². The minimum Gasteiger partial charge on any atom is -0.495 e. The third kappa shape index (κ3) is 6.40. The summed E-state index contributed by atoms with van der Waals surface area (Å²) in [6, 6.07) is 9.03. The fourth-order valence-electron chi connectivity index (χ4n) is 4.60. The maximum Gasteiger partial charge on any atom is 0.243 e. The fraction of sp³-hybridized carbons (Fsp3) is 0.458. The van der Waals surface area contributed by atoms with Crippen LogP contribution in [0, 0.1) is 5.92 Å². The lowest BCUT2D eigenvalue weighted by molar-refractivity contribution is -0.120. The lowest BCUT2D eigenvalue weighted by Gasteiger charge is -2.31. The van der Waals surface area contributed by atoms with Crippen molar-refractivity contribution in [1.29, 1.82) is 0 Å². The Bertz CT molecular complexity index is 1380. The van der Waals surface area contributed by atoms with E-state index < -0.39 is 31.9 Å². The van der Waals surface area contributed by atoms with E-state index in [1.165, 1.54) is 40.0 Å². The Balaban J connectivity index is 1.48. The summed E-state index contributed by atoms with van der Waals surface area (Å²) in [7, 11) is -5.97. The molecule has 13 heteroatoms. The Morgan fingerprint density at radius 3 is 2.35 bits per heavy atom. The van der Waals surface area contributed by atoms with Crippen LogP contribution in [0.15, 0.2) is 41.3 Å². The van der Waals surface area contributed by atoms with E-state index in [1.54, 1.807) is 12.1 Å². The molecule has 2 aliphatic heterocycles. The number of hydrogen-bond acceptors (Lipinski definition) is 6. The highest BCUT2D eigenvalue weighted by Crippen LogP contribution is 2.32. The van der Waals surface area contributed by atoms with Gasteiger partial charge in [0.1, 0.15) is 5.75 Å². The molecule has 1 amide bonds. The standard InChI is InChI=1S/C24H29Cl2N3O6S2/c1-35-23-9-7-19(37(33,34)28-10-2-3-11-28)14-22(23)27-24(30)18-5-4-12-29(15-18)36(31,32)16-17-6-8-20(25)21(26)13-17/h6-9,13-14,18H,2-5,10-12,15-16H2,1H3,(H,27,30)/t18-/m1/s1. The Labute approximate surface area is 227 Å². The molecule has 2 aromatic rings. The van der Waals surface area contributed by atoms with Crippen molar-refractivity contribution in [3.8, 4) is 5.75 Å². The number of hydrogen-bond donors (Lipinski definition) is 1. The van der Waals surface area contributed by atoms with Gasteiger partial charge in [-0.3, -0.25) is 4.79 Å². The second-order valence-corrected chi connectivity index (χ2v) is 13.9. The zero-order valence-corrected chi connectivity index (χ0v) is 23.5. The first kappa shape index (κ1) is 28.1. The number of piperidine rings is 1. The molecule has 0 spiro atoms. The Hall–Kier alpha value is -1.89. The zero-order chi connectivity index (χ0) is 26.8. The van der Waals surface area contributed by atoms with Crippen molar-refractivity contribution in [3.63, 3.8) is 0 Å². The monoisotopic (exact) mass is 589 g/mol. The Morgan fingerprint density at radius 1 is 0.973 bits per heavy atom. The summed E-state index contributed by atoms with van der Waals surface area (Å²) < 4.78 is 60.3. The third-order valence-electron chi connectivity index (χ3n) is 6.61. The predicted octanol–water partition coefficient (Wildman–Crippen LogP) is 3.97. The van der Waals surface area contributed by atoms with Crippen LogP contribution in [0.1, 0.15) is 31.2 Å². The largest absolute Gasteiger partial charge is 0.495 e. The highest BCUT2D eigenvalue weighted by Gasteiger charge is 2.33. The molecule has 2 heterocycles. The van der Waals surface area contributed by atoms with Crippen LogP contribution in [0.25, 0.3) is 0 Å². The van der Waals surface area contributed by atoms with Gasteiger partial charge in [0.15, 0.2) is 0 Å². The molecule has 1 atom stereocenters. The average molecular weight is 591 g/mol. The molecule has 9 nitrogen and oxygen atoms in total. The van der Waals surface area contributed by atoms with Gasteiger partial charge in [-0.05, 0) is 61.6 Å². The third-order valence-corrected chi connectivity index (χ3v) is 11.1. The summed E-state index contributed by atoms with van der Waals surface area (Å²) in [6.07, 6.45) is 2.63. The molecule has 0 aliphatic carbocycles. The predicted molar refractivity (Wildman–Crippen MR) is 143 cm³/mol. The van der Waals surface area contributed by atoms with E-state index >= 15 is 0 Å². The van der Waals surface area contributed by atoms with Gasteiger partial charge < -0.3 is 10.1 Å². The summed E-state index contributed by atoms with van der Waals surface area (Å²) in [5.74, 6) is -0.958. The summed E-state index contributed by atoms with van der Waals surface area (Å²) in [6.45, 7) is 1.25. The molecule has 2 aliphatic rings. The van der Waals surface area contributed by atoms with Gasteiger partial charge in [-0.1, -0.05) is 29.3 Å². The zero-order valence-electron chi connectivity index (χ0n) is 20.3. The number of carbonyl (C=O) groups excluding carboxylic acids is 1. The number of methoxy groups -OCH3 is 1. The van der Waals surface area contributed by atoms with Gasteiger partial charge >= 0.3 is 0 Å². The number of carbonyl (C=O) groups is 1. The summed E-state index contributed by atoms with van der Waals surface area (Å²) >= 11 is 12.0. The Morgan fingerprint density at radius 2 is 1.68 bits per heavy atom. The van der Waals surface area contributed by atoms with E-state index in [2.05, 4.69) is 5.32 Å². The maximum atomic E-state index is 13.2. The first-order chi connectivity index (χ1) is 17.5. The van der Waals surface area contributed by atoms with Gasteiger partial charge in [-0.15, -0.1) is 0 Å². The number of rotatable bonds is 8. The molecule has 0 aromatic heterocycles. The molecule has 2 aromatic carbocycles. The van der Waals surface area contributed by atoms with Crippen molar-refractivity contribution in [1.82, 2.24) is 8.61 Å². The fourth-order valence-corrected chi connectivity index (χ4v) is 8.06.